The van der Waals surface area contributed by atoms with Gasteiger partial charge in [0.05, 0.1) is 15.5 Å². The maximum atomic E-state index is 13.0. The summed E-state index contributed by atoms with van der Waals surface area (Å²) in [6.45, 7) is 2.44. The predicted octanol–water partition coefficient (Wildman–Crippen LogP) is 5.81. The predicted molar refractivity (Wildman–Crippen MR) is 113 cm³/mol. The van der Waals surface area contributed by atoms with E-state index in [0.29, 0.717) is 38.4 Å². The number of carbonyl (C=O) groups excluding carboxylic acids is 2. The molecule has 3 nitrogen and oxygen atoms in total. The van der Waals surface area contributed by atoms with E-state index in [2.05, 4.69) is 0 Å². The highest BCUT2D eigenvalue weighted by molar-refractivity contribution is 8.03. The number of hydrogen-bond donors (Lipinski definition) is 0. The van der Waals surface area contributed by atoms with Gasteiger partial charge in [0.15, 0.2) is 0 Å². The number of hydrogen-bond acceptors (Lipinski definition) is 3. The molecule has 3 rings (SSSR count). The fourth-order valence-corrected chi connectivity index (χ4v) is 4.45. The number of benzene rings is 2. The number of thioether (sulfide) groups is 1. The van der Waals surface area contributed by atoms with Crippen molar-refractivity contribution in [2.75, 3.05) is 6.54 Å². The van der Waals surface area contributed by atoms with Crippen LogP contribution in [0.1, 0.15) is 30.9 Å². The Labute approximate surface area is 173 Å². The second-order valence-corrected chi connectivity index (χ2v) is 8.05. The minimum absolute atomic E-state index is 0.240. The minimum atomic E-state index is -0.284. The summed E-state index contributed by atoms with van der Waals surface area (Å²) in [5.74, 6) is 0.0783. The third-order valence-corrected chi connectivity index (χ3v) is 5.98. The van der Waals surface area contributed by atoms with Crippen LogP contribution >= 0.6 is 35.0 Å². The van der Waals surface area contributed by atoms with E-state index in [9.17, 15) is 9.59 Å². The molecule has 0 saturated carbocycles. The summed E-state index contributed by atoms with van der Waals surface area (Å²) in [5, 5.41) is 0.858. The molecular formula is C21H19Cl2NO2S. The molecule has 1 aliphatic heterocycles. The Bertz CT molecular complexity index is 896. The Balaban J connectivity index is 1.98. The molecule has 0 aliphatic carbocycles. The summed E-state index contributed by atoms with van der Waals surface area (Å²) in [7, 11) is 0. The van der Waals surface area contributed by atoms with Crippen molar-refractivity contribution in [3.05, 3.63) is 74.6 Å². The van der Waals surface area contributed by atoms with E-state index in [1.54, 1.807) is 18.2 Å². The van der Waals surface area contributed by atoms with Crippen molar-refractivity contribution in [1.29, 1.82) is 0 Å². The van der Waals surface area contributed by atoms with E-state index in [1.807, 2.05) is 37.3 Å². The first kappa shape index (κ1) is 20.0. The fraction of sp³-hybridized carbons (Fsp3) is 0.238. The first-order valence-corrected chi connectivity index (χ1v) is 10.5. The zero-order valence-corrected chi connectivity index (χ0v) is 17.2. The number of amides is 2. The van der Waals surface area contributed by atoms with Gasteiger partial charge in [0, 0.05) is 22.9 Å². The van der Waals surface area contributed by atoms with Crippen LogP contribution in [0.5, 0.6) is 0 Å². The third kappa shape index (κ3) is 4.40. The molecule has 6 heteroatoms. The lowest BCUT2D eigenvalue weighted by Gasteiger charge is -2.14. The summed E-state index contributed by atoms with van der Waals surface area (Å²) in [5.41, 5.74) is 2.01. The normalized spacial score (nSPS) is 14.4. The van der Waals surface area contributed by atoms with Crippen LogP contribution in [0, 0.1) is 0 Å². The van der Waals surface area contributed by atoms with E-state index in [4.69, 9.17) is 23.2 Å². The van der Waals surface area contributed by atoms with E-state index in [0.717, 1.165) is 18.4 Å². The molecule has 0 saturated heterocycles. The third-order valence-electron chi connectivity index (χ3n) is 4.29. The van der Waals surface area contributed by atoms with Gasteiger partial charge in [-0.1, -0.05) is 72.9 Å². The molecule has 0 radical (unpaired) electrons. The SMILES string of the molecule is CCCCN1C(=O)C(SCc2ccccc2)=C(c2ccc(Cl)cc2Cl)C1=O. The zero-order chi connectivity index (χ0) is 19.4. The maximum absolute atomic E-state index is 13.0. The molecular weight excluding hydrogens is 401 g/mol. The van der Waals surface area contributed by atoms with Crippen LogP contribution in [0.2, 0.25) is 10.0 Å². The summed E-state index contributed by atoms with van der Waals surface area (Å²) in [6, 6.07) is 14.8. The Hall–Kier alpha value is -1.75. The van der Waals surface area contributed by atoms with Crippen LogP contribution in [0.15, 0.2) is 53.4 Å². The number of rotatable bonds is 7. The van der Waals surface area contributed by atoms with Gasteiger partial charge in [0.25, 0.3) is 11.8 Å². The zero-order valence-electron chi connectivity index (χ0n) is 14.9. The number of carbonyl (C=O) groups is 2. The van der Waals surface area contributed by atoms with Gasteiger partial charge in [-0.15, -0.1) is 11.8 Å². The highest BCUT2D eigenvalue weighted by atomic mass is 35.5. The van der Waals surface area contributed by atoms with Crippen molar-refractivity contribution in [2.45, 2.75) is 25.5 Å². The lowest BCUT2D eigenvalue weighted by molar-refractivity contribution is -0.136. The minimum Gasteiger partial charge on any atom is -0.274 e. The van der Waals surface area contributed by atoms with Crippen molar-refractivity contribution < 1.29 is 9.59 Å². The smallest absolute Gasteiger partial charge is 0.267 e. The van der Waals surface area contributed by atoms with Gasteiger partial charge in [-0.2, -0.15) is 0 Å². The average Bonchev–Trinajstić information content (AvgIpc) is 2.89. The number of nitrogens with zero attached hydrogens (tertiary/aromatic N) is 1. The standard InChI is InChI=1S/C21H19Cl2NO2S/c1-2-3-11-24-20(25)18(16-10-9-15(22)12-17(16)23)19(21(24)26)27-13-14-7-5-4-6-8-14/h4-10,12H,2-3,11,13H2,1H3. The van der Waals surface area contributed by atoms with Gasteiger partial charge < -0.3 is 0 Å². The lowest BCUT2D eigenvalue weighted by Crippen LogP contribution is -2.32. The molecule has 140 valence electrons. The van der Waals surface area contributed by atoms with Gasteiger partial charge in [-0.05, 0) is 24.1 Å². The Kier molecular flexibility index (Phi) is 6.64. The molecule has 0 N–H and O–H groups in total. The number of imide groups is 1. The summed E-state index contributed by atoms with van der Waals surface area (Å²) >= 11 is 13.7. The first-order chi connectivity index (χ1) is 13.0. The van der Waals surface area contributed by atoms with Crippen molar-refractivity contribution in [3.63, 3.8) is 0 Å². The molecule has 0 spiro atoms. The average molecular weight is 420 g/mol. The molecule has 0 aromatic heterocycles. The first-order valence-electron chi connectivity index (χ1n) is 8.75. The molecule has 0 bridgehead atoms. The Morgan fingerprint density at radius 2 is 1.74 bits per heavy atom. The van der Waals surface area contributed by atoms with Gasteiger partial charge in [-0.25, -0.2) is 0 Å². The van der Waals surface area contributed by atoms with Crippen molar-refractivity contribution in [3.8, 4) is 0 Å². The largest absolute Gasteiger partial charge is 0.274 e. The lowest BCUT2D eigenvalue weighted by atomic mass is 10.1. The highest BCUT2D eigenvalue weighted by Crippen LogP contribution is 2.40. The maximum Gasteiger partial charge on any atom is 0.267 e. The monoisotopic (exact) mass is 419 g/mol. The molecule has 0 atom stereocenters. The van der Waals surface area contributed by atoms with Crippen molar-refractivity contribution in [1.82, 2.24) is 4.90 Å². The summed E-state index contributed by atoms with van der Waals surface area (Å²) in [6.07, 6.45) is 1.68. The van der Waals surface area contributed by atoms with Crippen LogP contribution in [0.4, 0.5) is 0 Å². The Morgan fingerprint density at radius 1 is 1.00 bits per heavy atom. The van der Waals surface area contributed by atoms with Crippen LogP contribution in [-0.2, 0) is 15.3 Å². The van der Waals surface area contributed by atoms with Gasteiger partial charge in [0.2, 0.25) is 0 Å². The number of halogens is 2. The Morgan fingerprint density at radius 3 is 2.41 bits per heavy atom. The van der Waals surface area contributed by atoms with Crippen LogP contribution in [0.25, 0.3) is 5.57 Å². The second-order valence-electron chi connectivity index (χ2n) is 6.22. The molecule has 27 heavy (non-hydrogen) atoms. The summed E-state index contributed by atoms with van der Waals surface area (Å²) < 4.78 is 0. The quantitative estimate of drug-likeness (QED) is 0.531. The van der Waals surface area contributed by atoms with Crippen molar-refractivity contribution >= 4 is 52.4 Å². The van der Waals surface area contributed by atoms with E-state index in [-0.39, 0.29) is 11.8 Å². The van der Waals surface area contributed by atoms with E-state index < -0.39 is 0 Å². The van der Waals surface area contributed by atoms with Gasteiger partial charge in [-0.3, -0.25) is 14.5 Å². The molecule has 0 fully saturated rings. The van der Waals surface area contributed by atoms with Crippen molar-refractivity contribution in [2.24, 2.45) is 0 Å². The van der Waals surface area contributed by atoms with Gasteiger partial charge in [0.1, 0.15) is 0 Å². The second kappa shape index (κ2) is 8.96. The van der Waals surface area contributed by atoms with Crippen LogP contribution < -0.4 is 0 Å². The summed E-state index contributed by atoms with van der Waals surface area (Å²) in [4.78, 5) is 27.8. The van der Waals surface area contributed by atoms with Crippen LogP contribution in [0.3, 0.4) is 0 Å². The molecule has 2 amide bonds. The molecule has 2 aromatic carbocycles. The molecule has 0 unspecified atom stereocenters. The molecule has 1 heterocycles. The number of unbranched alkanes of at least 4 members (excludes halogenated alkanes) is 1. The van der Waals surface area contributed by atoms with E-state index >= 15 is 0 Å². The van der Waals surface area contributed by atoms with Gasteiger partial charge >= 0.3 is 0 Å². The molecule has 1 aliphatic rings. The molecule has 2 aromatic rings. The topological polar surface area (TPSA) is 37.4 Å². The highest BCUT2D eigenvalue weighted by Gasteiger charge is 2.39. The van der Waals surface area contributed by atoms with Crippen LogP contribution in [-0.4, -0.2) is 23.3 Å². The fourth-order valence-electron chi connectivity index (χ4n) is 2.87. The van der Waals surface area contributed by atoms with E-state index in [1.165, 1.54) is 16.7 Å².